The lowest BCUT2D eigenvalue weighted by Crippen LogP contribution is -2.64. The first-order chi connectivity index (χ1) is 40.6. The molecule has 4 bridgehead atoms. The van der Waals surface area contributed by atoms with Gasteiger partial charge in [0.05, 0.1) is 47.5 Å². The molecule has 7 aromatic rings. The van der Waals surface area contributed by atoms with Crippen molar-refractivity contribution in [2.45, 2.75) is 84.3 Å². The molecule has 0 radical (unpaired) electrons. The number of carboxylic acid groups (broad SMARTS) is 2. The molecule has 5 atom stereocenters. The Labute approximate surface area is 492 Å². The molecule has 2 amide bonds. The van der Waals surface area contributed by atoms with Crippen LogP contribution >= 0.6 is 11.3 Å². The van der Waals surface area contributed by atoms with E-state index in [1.165, 1.54) is 34.4 Å². The van der Waals surface area contributed by atoms with Gasteiger partial charge >= 0.3 is 24.3 Å². The summed E-state index contributed by atoms with van der Waals surface area (Å²) in [4.78, 5) is 62.7. The van der Waals surface area contributed by atoms with Crippen LogP contribution in [0.5, 0.6) is 11.5 Å². The van der Waals surface area contributed by atoms with Crippen molar-refractivity contribution < 1.29 is 73.1 Å². The van der Waals surface area contributed by atoms with Gasteiger partial charge in [0.25, 0.3) is 11.7 Å². The molecule has 2 unspecified atom stereocenters. The van der Waals surface area contributed by atoms with Crippen LogP contribution in [-0.2, 0) is 36.9 Å². The summed E-state index contributed by atoms with van der Waals surface area (Å²) in [7, 11) is 1.63. The van der Waals surface area contributed by atoms with E-state index in [-0.39, 0.29) is 72.3 Å². The van der Waals surface area contributed by atoms with Gasteiger partial charge in [-0.25, -0.2) is 24.4 Å². The first-order valence-electron chi connectivity index (χ1n) is 27.8. The molecule has 4 fully saturated rings. The second-order valence-electron chi connectivity index (χ2n) is 23.4. The third kappa shape index (κ3) is 11.9. The number of nitrogens with zero attached hydrogens (tertiary/aromatic N) is 5. The minimum atomic E-state index is -1.84. The van der Waals surface area contributed by atoms with Gasteiger partial charge in [-0.1, -0.05) is 61.6 Å². The number of carbonyl (C=O) groups excluding carboxylic acids is 2. The number of fused-ring (bicyclic) bond motifs is 2. The van der Waals surface area contributed by atoms with Gasteiger partial charge in [-0.15, -0.1) is 0 Å². The first-order valence-corrected chi connectivity index (χ1v) is 28.6. The van der Waals surface area contributed by atoms with Crippen LogP contribution in [0.4, 0.5) is 9.93 Å². The highest BCUT2D eigenvalue weighted by Gasteiger charge is 2.66. The fourth-order valence-corrected chi connectivity index (χ4v) is 14.8. The van der Waals surface area contributed by atoms with Gasteiger partial charge < -0.3 is 64.6 Å². The summed E-state index contributed by atoms with van der Waals surface area (Å²) in [5, 5.41) is 60.4. The number of likely N-dealkylation sites (N-methyl/N-ethyl adjacent to an activating group) is 1. The summed E-state index contributed by atoms with van der Waals surface area (Å²) in [5.41, 5.74) is 9.42. The summed E-state index contributed by atoms with van der Waals surface area (Å²) in [5.74, 6) is -7.29. The van der Waals surface area contributed by atoms with Crippen molar-refractivity contribution in [2.75, 3.05) is 51.9 Å². The summed E-state index contributed by atoms with van der Waals surface area (Å²) in [6, 6.07) is 26.8. The number of thiazole rings is 1. The highest BCUT2D eigenvalue weighted by atomic mass is 32.1. The lowest BCUT2D eigenvalue weighted by atomic mass is 9.39. The number of aliphatic carboxylic acids is 1. The molecule has 0 spiro atoms. The molecule has 3 aromatic heterocycles. The van der Waals surface area contributed by atoms with E-state index in [1.54, 1.807) is 31.4 Å². The van der Waals surface area contributed by atoms with E-state index in [2.05, 4.69) is 24.1 Å². The monoisotopic (exact) mass is 1180 g/mol. The van der Waals surface area contributed by atoms with E-state index in [1.807, 2.05) is 66.2 Å². The highest BCUT2D eigenvalue weighted by molar-refractivity contribution is 7.22. The maximum atomic E-state index is 13.7. The van der Waals surface area contributed by atoms with Crippen LogP contribution in [0.1, 0.15) is 84.5 Å². The van der Waals surface area contributed by atoms with Crippen molar-refractivity contribution in [3.63, 3.8) is 0 Å². The second kappa shape index (κ2) is 23.0. The summed E-state index contributed by atoms with van der Waals surface area (Å²) < 4.78 is 37.8. The van der Waals surface area contributed by atoms with E-state index >= 15 is 0 Å². The molecule has 8 N–H and O–H groups in total. The van der Waals surface area contributed by atoms with Crippen molar-refractivity contribution in [3.8, 4) is 33.9 Å². The number of rotatable bonds is 22. The van der Waals surface area contributed by atoms with Crippen LogP contribution in [0.2, 0.25) is 0 Å². The van der Waals surface area contributed by atoms with Gasteiger partial charge in [0.15, 0.2) is 10.8 Å². The third-order valence-corrected chi connectivity index (χ3v) is 17.4. The van der Waals surface area contributed by atoms with E-state index in [0.29, 0.717) is 63.7 Å². The molecule has 0 saturated heterocycles. The minimum absolute atomic E-state index is 0.00579. The average molecular weight is 1180 g/mol. The minimum Gasteiger partial charge on any atom is -0.503 e. The number of aliphatic hydroxyl groups excluding tert-OH is 3. The van der Waals surface area contributed by atoms with E-state index < -0.39 is 53.0 Å². The van der Waals surface area contributed by atoms with Crippen LogP contribution in [0, 0.1) is 23.2 Å². The molecule has 4 saturated carbocycles. The molecular weight excluding hydrogens is 1110 g/mol. The van der Waals surface area contributed by atoms with Gasteiger partial charge in [-0.2, -0.15) is 5.10 Å². The molecule has 1 aliphatic heterocycles. The van der Waals surface area contributed by atoms with Crippen LogP contribution < -0.4 is 20.5 Å². The van der Waals surface area contributed by atoms with Gasteiger partial charge in [-0.05, 0) is 121 Å². The number of aromatic carboxylic acids is 1. The van der Waals surface area contributed by atoms with Crippen LogP contribution in [0.15, 0.2) is 120 Å². The number of carbonyl (C=O) groups is 4. The maximum absolute atomic E-state index is 13.7. The highest BCUT2D eigenvalue weighted by Crippen LogP contribution is 2.72. The number of benzene rings is 4. The molecule has 22 nitrogen and oxygen atoms in total. The molecule has 4 heterocycles. The number of para-hydroxylation sites is 1. The Morgan fingerprint density at radius 2 is 1.62 bits per heavy atom. The van der Waals surface area contributed by atoms with Crippen molar-refractivity contribution in [1.29, 1.82) is 0 Å². The van der Waals surface area contributed by atoms with Crippen LogP contribution in [0.3, 0.4) is 0 Å². The Hall–Kier alpha value is -8.77. The number of aromatic nitrogens is 4. The fourth-order valence-electron chi connectivity index (χ4n) is 14.0. The van der Waals surface area contributed by atoms with E-state index in [4.69, 9.17) is 44.2 Å². The zero-order valence-corrected chi connectivity index (χ0v) is 48.1. The molecule has 12 rings (SSSR count). The smallest absolute Gasteiger partial charge is 0.409 e. The topological polar surface area (TPSA) is 310 Å². The number of nitrogens with one attached hydrogen (secondary N) is 1. The molecular formula is C62H65N7O15S. The number of pyridine rings is 1. The lowest BCUT2D eigenvalue weighted by Gasteiger charge is -2.69. The Bertz CT molecular complexity index is 3800. The number of hydrogen-bond donors (Lipinski definition) is 7. The van der Waals surface area contributed by atoms with Crippen molar-refractivity contribution in [2.24, 2.45) is 22.0 Å². The molecule has 5 aliphatic rings. The molecule has 85 heavy (non-hydrogen) atoms. The van der Waals surface area contributed by atoms with Gasteiger partial charge in [-0.3, -0.25) is 14.8 Å². The summed E-state index contributed by atoms with van der Waals surface area (Å²) in [6.45, 7) is 8.34. The van der Waals surface area contributed by atoms with Crippen LogP contribution in [-0.4, -0.2) is 133 Å². The van der Waals surface area contributed by atoms with E-state index in [0.717, 1.165) is 59.8 Å². The zero-order chi connectivity index (χ0) is 60.0. The SMILES string of the molecule is Cc1c(-c2ccc(-c3ccc4cccc(C(=O)Nc5nc6ccccc6s5)c4c3)nc2C(=O)O)cnn1CC12CC3(C)C[C@@](C)(C1)C[C@@](OCCN(C)C(=O)OCc1ccc(O[C@H]4OC(C(=O)O)=C(O)C(O)=C4O)cc1OCCOCCN)(C3)C2. The Morgan fingerprint density at radius 3 is 2.38 bits per heavy atom. The predicted octanol–water partition coefficient (Wildman–Crippen LogP) is 10.3. The fraction of sp³-hybridized carbons (Fsp3) is 0.371. The normalized spacial score (nSPS) is 22.4. The zero-order valence-electron chi connectivity index (χ0n) is 47.3. The number of aliphatic hydroxyl groups is 3. The number of carboxylic acids is 2. The molecule has 23 heteroatoms. The number of anilines is 1. The first kappa shape index (κ1) is 58.0. The number of hydrogen-bond acceptors (Lipinski definition) is 18. The standard InChI is InChI=1S/C62H65N7O15S/c1-35-43(40-16-17-44(65-48(40)54(74)75)37-13-12-36-8-7-9-41(42(36)24-37)53(73)67-57-66-45-10-5-6-11-47(45)85-57)26-64-69(35)34-61-29-59(2)28-60(3,30-61)32-62(31-59,33-61)82-21-19-68(4)58(78)81-27-38-14-15-39(25-46(38)80-23-22-79-20-18-63)83-56-51(72)49(70)50(71)52(84-56)55(76)77/h5-17,24-26,56,70-72H,18-23,27-34,63H2,1-4H3,(H,74,75)(H,76,77)(H,66,67,73)/t56-,59-,60?,61?,62+/m0/s1. The van der Waals surface area contributed by atoms with Crippen LogP contribution in [0.25, 0.3) is 43.4 Å². The number of ether oxygens (including phenoxy) is 6. The Kier molecular flexibility index (Phi) is 15.7. The van der Waals surface area contributed by atoms with E-state index in [9.17, 15) is 44.7 Å². The van der Waals surface area contributed by atoms with Gasteiger partial charge in [0.1, 0.15) is 24.7 Å². The quantitative estimate of drug-likeness (QED) is 0.0310. The number of amides is 2. The van der Waals surface area contributed by atoms with Gasteiger partial charge in [0, 0.05) is 66.3 Å². The van der Waals surface area contributed by atoms with Crippen molar-refractivity contribution in [1.82, 2.24) is 24.6 Å². The van der Waals surface area contributed by atoms with Gasteiger partial charge in [0.2, 0.25) is 17.3 Å². The molecule has 4 aliphatic carbocycles. The number of nitrogens with two attached hydrogens (primary N) is 1. The maximum Gasteiger partial charge on any atom is 0.409 e. The predicted molar refractivity (Wildman–Crippen MR) is 312 cm³/mol. The Balaban J connectivity index is 0.748. The Morgan fingerprint density at radius 1 is 0.835 bits per heavy atom. The summed E-state index contributed by atoms with van der Waals surface area (Å²) >= 11 is 1.39. The van der Waals surface area contributed by atoms with Crippen molar-refractivity contribution >= 4 is 61.4 Å². The molecule has 444 valence electrons. The third-order valence-electron chi connectivity index (χ3n) is 16.4. The summed E-state index contributed by atoms with van der Waals surface area (Å²) in [6.07, 6.45) is 4.79. The van der Waals surface area contributed by atoms with Crippen molar-refractivity contribution in [3.05, 3.63) is 143 Å². The second-order valence-corrected chi connectivity index (χ2v) is 24.4. The molecule has 4 aromatic carbocycles. The average Bonchev–Trinajstić information content (AvgIpc) is 0.856. The lowest BCUT2D eigenvalue weighted by molar-refractivity contribution is -0.248. The largest absolute Gasteiger partial charge is 0.503 e.